The molecule has 0 atom stereocenters. The Morgan fingerprint density at radius 3 is 2.83 bits per heavy atom. The summed E-state index contributed by atoms with van der Waals surface area (Å²) in [6.45, 7) is 2.03. The lowest BCUT2D eigenvalue weighted by molar-refractivity contribution is -0.137. The van der Waals surface area contributed by atoms with Crippen molar-refractivity contribution in [3.8, 4) is 5.75 Å². The Morgan fingerprint density at radius 2 is 2.17 bits per heavy atom. The first-order valence-electron chi connectivity index (χ1n) is 5.47. The third-order valence-corrected chi connectivity index (χ3v) is 3.42. The van der Waals surface area contributed by atoms with Crippen molar-refractivity contribution in [2.45, 2.75) is 0 Å². The fraction of sp³-hybridized carbons (Fsp3) is 0.455. The van der Waals surface area contributed by atoms with E-state index in [1.165, 1.54) is 0 Å². The van der Waals surface area contributed by atoms with Gasteiger partial charge in [0.2, 0.25) is 0 Å². The summed E-state index contributed by atoms with van der Waals surface area (Å²) in [6.07, 6.45) is 0. The number of carboxylic acids is 1. The quantitative estimate of drug-likeness (QED) is 0.871. The van der Waals surface area contributed by atoms with Gasteiger partial charge in [-0.15, -0.1) is 11.3 Å². The Bertz CT molecular complexity index is 438. The zero-order chi connectivity index (χ0) is 13.0. The van der Waals surface area contributed by atoms with Gasteiger partial charge in [0.25, 0.3) is 5.91 Å². The lowest BCUT2D eigenvalue weighted by atomic mass is 10.4. The summed E-state index contributed by atoms with van der Waals surface area (Å²) in [7, 11) is 0. The number of carbonyl (C=O) groups is 2. The van der Waals surface area contributed by atoms with Crippen LogP contribution in [0.1, 0.15) is 9.67 Å². The van der Waals surface area contributed by atoms with Crippen LogP contribution in [0.15, 0.2) is 11.4 Å². The number of rotatable bonds is 4. The van der Waals surface area contributed by atoms with Gasteiger partial charge in [-0.3, -0.25) is 4.79 Å². The molecule has 0 radical (unpaired) electrons. The summed E-state index contributed by atoms with van der Waals surface area (Å²) < 4.78 is 10.4. The predicted octanol–water partition coefficient (Wildman–Crippen LogP) is 0.684. The van der Waals surface area contributed by atoms with Crippen molar-refractivity contribution in [1.82, 2.24) is 4.90 Å². The van der Waals surface area contributed by atoms with E-state index >= 15 is 0 Å². The molecule has 1 N–H and O–H groups in total. The van der Waals surface area contributed by atoms with E-state index in [0.29, 0.717) is 26.3 Å². The number of carboxylic acid groups (broad SMARTS) is 1. The Hall–Kier alpha value is -1.60. The number of hydrogen-bond donors (Lipinski definition) is 1. The summed E-state index contributed by atoms with van der Waals surface area (Å²) in [5.41, 5.74) is 0. The molecular weight excluding hydrogens is 258 g/mol. The van der Waals surface area contributed by atoms with Gasteiger partial charge in [-0.25, -0.2) is 4.79 Å². The van der Waals surface area contributed by atoms with Crippen LogP contribution in [-0.4, -0.2) is 54.8 Å². The maximum absolute atomic E-state index is 11.8. The predicted molar refractivity (Wildman–Crippen MR) is 64.2 cm³/mol. The van der Waals surface area contributed by atoms with E-state index < -0.39 is 5.97 Å². The van der Waals surface area contributed by atoms with Gasteiger partial charge in [0, 0.05) is 13.1 Å². The molecule has 7 heteroatoms. The lowest BCUT2D eigenvalue weighted by Gasteiger charge is -2.26. The molecule has 0 unspecified atom stereocenters. The van der Waals surface area contributed by atoms with Gasteiger partial charge in [0.1, 0.15) is 5.75 Å². The first-order chi connectivity index (χ1) is 8.68. The average Bonchev–Trinajstić information content (AvgIpc) is 2.85. The fourth-order valence-corrected chi connectivity index (χ4v) is 2.28. The van der Waals surface area contributed by atoms with Crippen LogP contribution in [0.3, 0.4) is 0 Å². The van der Waals surface area contributed by atoms with E-state index in [4.69, 9.17) is 14.6 Å². The Morgan fingerprint density at radius 1 is 1.44 bits per heavy atom. The van der Waals surface area contributed by atoms with Gasteiger partial charge in [-0.1, -0.05) is 0 Å². The molecule has 0 bridgehead atoms. The van der Waals surface area contributed by atoms with Gasteiger partial charge >= 0.3 is 5.97 Å². The monoisotopic (exact) mass is 271 g/mol. The molecule has 0 aliphatic carbocycles. The van der Waals surface area contributed by atoms with Crippen molar-refractivity contribution >= 4 is 23.2 Å². The Kier molecular flexibility index (Phi) is 4.16. The summed E-state index contributed by atoms with van der Waals surface area (Å²) in [4.78, 5) is 24.4. The number of nitrogens with zero attached hydrogens (tertiary/aromatic N) is 1. The van der Waals surface area contributed by atoms with Crippen molar-refractivity contribution < 1.29 is 24.2 Å². The number of amides is 1. The Balaban J connectivity index is 1.88. The molecule has 6 nitrogen and oxygen atoms in total. The summed E-state index contributed by atoms with van der Waals surface area (Å²) in [5, 5.41) is 10.5. The largest absolute Gasteiger partial charge is 0.482 e. The van der Waals surface area contributed by atoms with Crippen molar-refractivity contribution in [1.29, 1.82) is 0 Å². The highest BCUT2D eigenvalue weighted by molar-refractivity contribution is 7.12. The zero-order valence-corrected chi connectivity index (χ0v) is 10.4. The van der Waals surface area contributed by atoms with Crippen LogP contribution in [0.2, 0.25) is 0 Å². The van der Waals surface area contributed by atoms with Crippen LogP contribution in [0.5, 0.6) is 5.75 Å². The van der Waals surface area contributed by atoms with Crippen molar-refractivity contribution in [3.63, 3.8) is 0 Å². The Labute approximate surface area is 108 Å². The molecule has 1 aliphatic heterocycles. The number of ether oxygens (including phenoxy) is 2. The molecule has 0 saturated carbocycles. The molecule has 1 fully saturated rings. The van der Waals surface area contributed by atoms with Crippen LogP contribution >= 0.6 is 11.3 Å². The molecule has 0 aromatic carbocycles. The summed E-state index contributed by atoms with van der Waals surface area (Å²) in [6, 6.07) is 1.56. The van der Waals surface area contributed by atoms with E-state index in [1.807, 2.05) is 0 Å². The van der Waals surface area contributed by atoms with Gasteiger partial charge in [0.15, 0.2) is 11.5 Å². The number of carbonyl (C=O) groups excluding carboxylic acids is 1. The molecule has 98 valence electrons. The summed E-state index contributed by atoms with van der Waals surface area (Å²) in [5.74, 6) is -0.950. The van der Waals surface area contributed by atoms with E-state index in [-0.39, 0.29) is 23.1 Å². The van der Waals surface area contributed by atoms with E-state index in [0.717, 1.165) is 11.3 Å². The summed E-state index contributed by atoms with van der Waals surface area (Å²) >= 11 is 1.08. The molecule has 0 spiro atoms. The fourth-order valence-electron chi connectivity index (χ4n) is 1.61. The SMILES string of the molecule is O=C(O)c1sccc1OCC(=O)N1CCOCC1. The van der Waals surface area contributed by atoms with Crippen LogP contribution in [-0.2, 0) is 9.53 Å². The number of aromatic carboxylic acids is 1. The van der Waals surface area contributed by atoms with Gasteiger partial charge in [-0.2, -0.15) is 0 Å². The first kappa shape index (κ1) is 12.8. The molecule has 1 aliphatic rings. The van der Waals surface area contributed by atoms with Crippen LogP contribution in [0.4, 0.5) is 0 Å². The number of morpholine rings is 1. The number of hydrogen-bond acceptors (Lipinski definition) is 5. The second-order valence-corrected chi connectivity index (χ2v) is 4.62. The van der Waals surface area contributed by atoms with Crippen molar-refractivity contribution in [2.24, 2.45) is 0 Å². The highest BCUT2D eigenvalue weighted by Gasteiger charge is 2.19. The highest BCUT2D eigenvalue weighted by Crippen LogP contribution is 2.24. The smallest absolute Gasteiger partial charge is 0.349 e. The molecule has 2 rings (SSSR count). The van der Waals surface area contributed by atoms with Crippen LogP contribution in [0, 0.1) is 0 Å². The topological polar surface area (TPSA) is 76.1 Å². The van der Waals surface area contributed by atoms with Gasteiger partial charge in [0.05, 0.1) is 13.2 Å². The van der Waals surface area contributed by atoms with E-state index in [2.05, 4.69) is 0 Å². The lowest BCUT2D eigenvalue weighted by Crippen LogP contribution is -2.43. The van der Waals surface area contributed by atoms with E-state index in [1.54, 1.807) is 16.3 Å². The average molecular weight is 271 g/mol. The van der Waals surface area contributed by atoms with Crippen molar-refractivity contribution in [2.75, 3.05) is 32.9 Å². The second kappa shape index (κ2) is 5.83. The highest BCUT2D eigenvalue weighted by atomic mass is 32.1. The molecule has 18 heavy (non-hydrogen) atoms. The molecule has 1 aromatic rings. The van der Waals surface area contributed by atoms with Crippen molar-refractivity contribution in [3.05, 3.63) is 16.3 Å². The standard InChI is InChI=1S/C11H13NO5S/c13-9(12-2-4-16-5-3-12)7-17-8-1-6-18-10(8)11(14)15/h1,6H,2-5,7H2,(H,14,15). The first-order valence-corrected chi connectivity index (χ1v) is 6.35. The molecule has 1 saturated heterocycles. The van der Waals surface area contributed by atoms with Crippen LogP contribution < -0.4 is 4.74 Å². The third-order valence-electron chi connectivity index (χ3n) is 2.54. The second-order valence-electron chi connectivity index (χ2n) is 3.70. The van der Waals surface area contributed by atoms with Gasteiger partial charge < -0.3 is 19.5 Å². The van der Waals surface area contributed by atoms with Crippen LogP contribution in [0.25, 0.3) is 0 Å². The molecular formula is C11H13NO5S. The minimum absolute atomic E-state index is 0.116. The van der Waals surface area contributed by atoms with E-state index in [9.17, 15) is 9.59 Å². The minimum Gasteiger partial charge on any atom is -0.482 e. The maximum atomic E-state index is 11.8. The third kappa shape index (κ3) is 2.99. The zero-order valence-electron chi connectivity index (χ0n) is 9.63. The maximum Gasteiger partial charge on any atom is 0.349 e. The molecule has 2 heterocycles. The molecule has 1 aromatic heterocycles. The normalized spacial score (nSPS) is 15.4. The number of thiophene rings is 1. The molecule has 1 amide bonds. The van der Waals surface area contributed by atoms with Gasteiger partial charge in [-0.05, 0) is 11.4 Å². The minimum atomic E-state index is -1.04.